The Balaban J connectivity index is 1.49. The average Bonchev–Trinajstić information content (AvgIpc) is 2.95. The fourth-order valence-corrected chi connectivity index (χ4v) is 3.09. The van der Waals surface area contributed by atoms with Crippen LogP contribution in [0.4, 0.5) is 5.82 Å². The summed E-state index contributed by atoms with van der Waals surface area (Å²) in [5.74, 6) is 1.17. The van der Waals surface area contributed by atoms with Crippen LogP contribution in [0.5, 0.6) is 0 Å². The minimum atomic E-state index is -0.169. The maximum atomic E-state index is 12.3. The highest BCUT2D eigenvalue weighted by Crippen LogP contribution is 2.39. The van der Waals surface area contributed by atoms with Gasteiger partial charge in [-0.05, 0) is 31.7 Å². The summed E-state index contributed by atoms with van der Waals surface area (Å²) in [7, 11) is 0. The molecular formula is C15H19N5O. The van der Waals surface area contributed by atoms with Gasteiger partial charge in [-0.2, -0.15) is 10.2 Å². The molecule has 2 fully saturated rings. The first-order valence-corrected chi connectivity index (χ1v) is 7.71. The van der Waals surface area contributed by atoms with Crippen LogP contribution < -0.4 is 5.32 Å². The van der Waals surface area contributed by atoms with Gasteiger partial charge >= 0.3 is 0 Å². The zero-order valence-electron chi connectivity index (χ0n) is 11.9. The molecule has 0 bridgehead atoms. The van der Waals surface area contributed by atoms with Gasteiger partial charge in [-0.3, -0.25) is 9.89 Å². The predicted molar refractivity (Wildman–Crippen MR) is 78.2 cm³/mol. The third-order valence-corrected chi connectivity index (χ3v) is 4.43. The molecule has 2 aromatic heterocycles. The third kappa shape index (κ3) is 2.46. The second kappa shape index (κ2) is 5.02. The molecule has 0 radical (unpaired) electrons. The SMILES string of the molecule is O=C(Nc1ccnn1C1CCCC1)c1cc(C2CC2)[nH]n1. The molecular weight excluding hydrogens is 266 g/mol. The fourth-order valence-electron chi connectivity index (χ4n) is 3.09. The van der Waals surface area contributed by atoms with Crippen molar-refractivity contribution in [2.24, 2.45) is 0 Å². The van der Waals surface area contributed by atoms with Gasteiger partial charge in [-0.1, -0.05) is 12.8 Å². The monoisotopic (exact) mass is 285 g/mol. The Morgan fingerprint density at radius 3 is 2.86 bits per heavy atom. The van der Waals surface area contributed by atoms with Crippen molar-refractivity contribution in [1.29, 1.82) is 0 Å². The zero-order valence-corrected chi connectivity index (χ0v) is 11.9. The van der Waals surface area contributed by atoms with Crippen LogP contribution in [-0.4, -0.2) is 25.9 Å². The number of carbonyl (C=O) groups excluding carboxylic acids is 1. The van der Waals surface area contributed by atoms with E-state index in [9.17, 15) is 4.79 Å². The maximum Gasteiger partial charge on any atom is 0.277 e. The molecule has 0 aliphatic heterocycles. The number of nitrogens with zero attached hydrogens (tertiary/aromatic N) is 3. The van der Waals surface area contributed by atoms with Crippen molar-refractivity contribution in [3.05, 3.63) is 29.7 Å². The number of carbonyl (C=O) groups is 1. The molecule has 2 saturated carbocycles. The Bertz CT molecular complexity index is 649. The number of amides is 1. The standard InChI is InChI=1S/C15H19N5O/c21-15(13-9-12(18-19-13)10-5-6-10)17-14-7-8-16-20(14)11-3-1-2-4-11/h7-11H,1-6H2,(H,17,21)(H,18,19). The summed E-state index contributed by atoms with van der Waals surface area (Å²) in [5.41, 5.74) is 1.53. The van der Waals surface area contributed by atoms with Gasteiger partial charge in [0.15, 0.2) is 5.69 Å². The Morgan fingerprint density at radius 2 is 2.10 bits per heavy atom. The van der Waals surface area contributed by atoms with Crippen LogP contribution in [-0.2, 0) is 0 Å². The van der Waals surface area contributed by atoms with E-state index >= 15 is 0 Å². The van der Waals surface area contributed by atoms with Gasteiger partial charge in [0.1, 0.15) is 5.82 Å². The lowest BCUT2D eigenvalue weighted by molar-refractivity contribution is 0.102. The smallest absolute Gasteiger partial charge is 0.277 e. The number of rotatable bonds is 4. The number of hydrogen-bond donors (Lipinski definition) is 2. The van der Waals surface area contributed by atoms with Gasteiger partial charge in [0.05, 0.1) is 12.2 Å². The van der Waals surface area contributed by atoms with E-state index in [1.807, 2.05) is 16.8 Å². The summed E-state index contributed by atoms with van der Waals surface area (Å²) in [5, 5.41) is 14.4. The molecule has 0 unspecified atom stereocenters. The van der Waals surface area contributed by atoms with Crippen LogP contribution in [0.25, 0.3) is 0 Å². The summed E-state index contributed by atoms with van der Waals surface area (Å²) < 4.78 is 1.94. The number of aromatic amines is 1. The van der Waals surface area contributed by atoms with E-state index in [0.717, 1.165) is 24.4 Å². The van der Waals surface area contributed by atoms with Crippen LogP contribution in [0.3, 0.4) is 0 Å². The van der Waals surface area contributed by atoms with E-state index in [0.29, 0.717) is 17.7 Å². The number of H-pyrrole nitrogens is 1. The Labute approximate surface area is 122 Å². The van der Waals surface area contributed by atoms with Crippen LogP contribution in [0.15, 0.2) is 18.3 Å². The van der Waals surface area contributed by atoms with E-state index in [1.54, 1.807) is 6.20 Å². The van der Waals surface area contributed by atoms with E-state index < -0.39 is 0 Å². The van der Waals surface area contributed by atoms with Crippen molar-refractivity contribution in [3.8, 4) is 0 Å². The number of aromatic nitrogens is 4. The molecule has 2 heterocycles. The fraction of sp³-hybridized carbons (Fsp3) is 0.533. The minimum absolute atomic E-state index is 0.169. The first-order chi connectivity index (χ1) is 10.3. The highest BCUT2D eigenvalue weighted by Gasteiger charge is 2.27. The van der Waals surface area contributed by atoms with Gasteiger partial charge < -0.3 is 5.32 Å². The van der Waals surface area contributed by atoms with Crippen molar-refractivity contribution < 1.29 is 4.79 Å². The van der Waals surface area contributed by atoms with Gasteiger partial charge in [-0.25, -0.2) is 4.68 Å². The highest BCUT2D eigenvalue weighted by atomic mass is 16.2. The van der Waals surface area contributed by atoms with Gasteiger partial charge in [0.2, 0.25) is 0 Å². The second-order valence-corrected chi connectivity index (χ2v) is 6.04. The summed E-state index contributed by atoms with van der Waals surface area (Å²) in [6.45, 7) is 0. The first kappa shape index (κ1) is 12.6. The molecule has 2 aromatic rings. The molecule has 2 aliphatic carbocycles. The lowest BCUT2D eigenvalue weighted by atomic mass is 10.2. The first-order valence-electron chi connectivity index (χ1n) is 7.71. The van der Waals surface area contributed by atoms with Crippen LogP contribution in [0.2, 0.25) is 0 Å². The minimum Gasteiger partial charge on any atom is -0.305 e. The van der Waals surface area contributed by atoms with Crippen molar-refractivity contribution in [1.82, 2.24) is 20.0 Å². The van der Waals surface area contributed by atoms with Crippen molar-refractivity contribution in [2.75, 3.05) is 5.32 Å². The lowest BCUT2D eigenvalue weighted by Crippen LogP contribution is -2.18. The maximum absolute atomic E-state index is 12.3. The Kier molecular flexibility index (Phi) is 3.02. The molecule has 6 heteroatoms. The summed E-state index contributed by atoms with van der Waals surface area (Å²) in [4.78, 5) is 12.3. The highest BCUT2D eigenvalue weighted by molar-refractivity contribution is 6.02. The molecule has 2 N–H and O–H groups in total. The van der Waals surface area contributed by atoms with Gasteiger partial charge in [0.25, 0.3) is 5.91 Å². The van der Waals surface area contributed by atoms with Crippen LogP contribution in [0, 0.1) is 0 Å². The Morgan fingerprint density at radius 1 is 1.29 bits per heavy atom. The van der Waals surface area contributed by atoms with E-state index in [1.165, 1.54) is 25.7 Å². The van der Waals surface area contributed by atoms with E-state index in [4.69, 9.17) is 0 Å². The van der Waals surface area contributed by atoms with Gasteiger partial charge in [0, 0.05) is 17.7 Å². The van der Waals surface area contributed by atoms with Crippen molar-refractivity contribution in [3.63, 3.8) is 0 Å². The number of nitrogens with one attached hydrogen (secondary N) is 2. The molecule has 1 amide bonds. The molecule has 110 valence electrons. The summed E-state index contributed by atoms with van der Waals surface area (Å²) >= 11 is 0. The molecule has 6 nitrogen and oxygen atoms in total. The number of hydrogen-bond acceptors (Lipinski definition) is 3. The van der Waals surface area contributed by atoms with E-state index in [-0.39, 0.29) is 5.91 Å². The lowest BCUT2D eigenvalue weighted by Gasteiger charge is -2.14. The Hall–Kier alpha value is -2.11. The molecule has 2 aliphatic rings. The topological polar surface area (TPSA) is 75.6 Å². The second-order valence-electron chi connectivity index (χ2n) is 6.04. The van der Waals surface area contributed by atoms with E-state index in [2.05, 4.69) is 20.6 Å². The summed E-state index contributed by atoms with van der Waals surface area (Å²) in [6, 6.07) is 4.13. The van der Waals surface area contributed by atoms with Gasteiger partial charge in [-0.15, -0.1) is 0 Å². The predicted octanol–water partition coefficient (Wildman–Crippen LogP) is 2.85. The van der Waals surface area contributed by atoms with Crippen molar-refractivity contribution >= 4 is 11.7 Å². The molecule has 21 heavy (non-hydrogen) atoms. The quantitative estimate of drug-likeness (QED) is 0.907. The summed E-state index contributed by atoms with van der Waals surface area (Å²) in [6.07, 6.45) is 8.88. The molecule has 4 rings (SSSR count). The molecule has 0 saturated heterocycles. The molecule has 0 atom stereocenters. The number of anilines is 1. The van der Waals surface area contributed by atoms with Crippen molar-refractivity contribution in [2.45, 2.75) is 50.5 Å². The molecule has 0 spiro atoms. The third-order valence-electron chi connectivity index (χ3n) is 4.43. The zero-order chi connectivity index (χ0) is 14.2. The van der Waals surface area contributed by atoms with Crippen LogP contribution in [0.1, 0.15) is 66.7 Å². The normalized spacial score (nSPS) is 19.0. The average molecular weight is 285 g/mol. The molecule has 0 aromatic carbocycles. The largest absolute Gasteiger partial charge is 0.305 e. The van der Waals surface area contributed by atoms with Crippen LogP contribution >= 0.6 is 0 Å².